The molecule has 0 aliphatic carbocycles. The average Bonchev–Trinajstić information content (AvgIpc) is 3.46. The lowest BCUT2D eigenvalue weighted by Gasteiger charge is -2.11. The van der Waals surface area contributed by atoms with E-state index in [2.05, 4.69) is 127 Å². The van der Waals surface area contributed by atoms with E-state index >= 15 is 0 Å². The molecule has 0 bridgehead atoms. The lowest BCUT2D eigenvalue weighted by molar-refractivity contribution is 0.669. The van der Waals surface area contributed by atoms with Crippen molar-refractivity contribution in [3.8, 4) is 33.5 Å². The van der Waals surface area contributed by atoms with Gasteiger partial charge in [-0.25, -0.2) is 4.98 Å². The van der Waals surface area contributed by atoms with E-state index in [0.717, 1.165) is 71.7 Å². The van der Waals surface area contributed by atoms with Crippen molar-refractivity contribution in [2.75, 3.05) is 0 Å². The quantitative estimate of drug-likeness (QED) is 0.206. The van der Waals surface area contributed by atoms with Gasteiger partial charge in [-0.05, 0) is 63.4 Å². The summed E-state index contributed by atoms with van der Waals surface area (Å²) >= 11 is 0. The molecule has 0 saturated heterocycles. The predicted molar refractivity (Wildman–Crippen MR) is 178 cm³/mol. The number of rotatable bonds is 3. The smallest absolute Gasteiger partial charge is 0.135 e. The molecule has 0 aliphatic heterocycles. The highest BCUT2D eigenvalue weighted by molar-refractivity contribution is 6.23. The van der Waals surface area contributed by atoms with Crippen molar-refractivity contribution < 1.29 is 4.42 Å². The van der Waals surface area contributed by atoms with E-state index in [1.165, 1.54) is 16.3 Å². The van der Waals surface area contributed by atoms with Crippen LogP contribution in [0.15, 0.2) is 150 Å². The summed E-state index contributed by atoms with van der Waals surface area (Å²) in [6.45, 7) is 0. The first-order chi connectivity index (χ1) is 21.3. The molecule has 0 amide bonds. The SMILES string of the molecule is c1cc(-c2cccc(-c3cnc4c5ccccc5c5ccccc5c4n3)c2)cc(-c2ccc3oc4ccccc4c3c2)c1. The first-order valence-corrected chi connectivity index (χ1v) is 14.5. The van der Waals surface area contributed by atoms with Gasteiger partial charge in [0.05, 0.1) is 22.9 Å². The van der Waals surface area contributed by atoms with Crippen LogP contribution in [0.25, 0.3) is 88.0 Å². The zero-order chi connectivity index (χ0) is 28.3. The molecule has 0 atom stereocenters. The van der Waals surface area contributed by atoms with E-state index in [0.29, 0.717) is 0 Å². The monoisotopic (exact) mass is 548 g/mol. The highest BCUT2D eigenvalue weighted by atomic mass is 16.3. The first kappa shape index (κ1) is 23.9. The van der Waals surface area contributed by atoms with Gasteiger partial charge in [-0.15, -0.1) is 0 Å². The molecule has 3 nitrogen and oxygen atoms in total. The standard InChI is InChI=1S/C40H24N2O/c1-3-16-33-30(13-1)31-14-2-4-17-34(31)40-39(33)41-24-36(42-40)29-12-8-11-27(22-29)25-9-7-10-26(21-25)28-19-20-38-35(23-28)32-15-5-6-18-37(32)43-38/h1-24H. The number of hydrogen-bond acceptors (Lipinski definition) is 3. The largest absolute Gasteiger partial charge is 0.456 e. The molecule has 0 saturated carbocycles. The average molecular weight is 549 g/mol. The molecule has 0 aliphatic rings. The van der Waals surface area contributed by atoms with Crippen LogP contribution >= 0.6 is 0 Å². The molecule has 3 heteroatoms. The molecule has 9 rings (SSSR count). The highest BCUT2D eigenvalue weighted by Crippen LogP contribution is 2.36. The van der Waals surface area contributed by atoms with Gasteiger partial charge in [0.15, 0.2) is 0 Å². The Hall–Kier alpha value is -5.80. The molecular weight excluding hydrogens is 524 g/mol. The third kappa shape index (κ3) is 3.83. The van der Waals surface area contributed by atoms with Crippen molar-refractivity contribution in [3.05, 3.63) is 146 Å². The van der Waals surface area contributed by atoms with Crippen LogP contribution in [0.2, 0.25) is 0 Å². The molecular formula is C40H24N2O. The van der Waals surface area contributed by atoms with Crippen LogP contribution in [0.1, 0.15) is 0 Å². The normalized spacial score (nSPS) is 11.7. The second-order valence-electron chi connectivity index (χ2n) is 11.0. The fraction of sp³-hybridized carbons (Fsp3) is 0. The van der Waals surface area contributed by atoms with Crippen LogP contribution in [0.4, 0.5) is 0 Å². The third-order valence-corrected chi connectivity index (χ3v) is 8.49. The molecule has 200 valence electrons. The van der Waals surface area contributed by atoms with Crippen LogP contribution in [-0.2, 0) is 0 Å². The van der Waals surface area contributed by atoms with Crippen molar-refractivity contribution in [2.45, 2.75) is 0 Å². The van der Waals surface area contributed by atoms with Crippen LogP contribution in [0.5, 0.6) is 0 Å². The third-order valence-electron chi connectivity index (χ3n) is 8.49. The molecule has 2 heterocycles. The molecule has 7 aromatic carbocycles. The Balaban J connectivity index is 1.14. The fourth-order valence-electron chi connectivity index (χ4n) is 6.40. The summed E-state index contributed by atoms with van der Waals surface area (Å²) in [4.78, 5) is 10.2. The summed E-state index contributed by atoms with van der Waals surface area (Å²) in [6, 6.07) is 48.9. The van der Waals surface area contributed by atoms with E-state index in [4.69, 9.17) is 14.4 Å². The Morgan fingerprint density at radius 2 is 0.907 bits per heavy atom. The van der Waals surface area contributed by atoms with Gasteiger partial charge in [0, 0.05) is 27.1 Å². The zero-order valence-corrected chi connectivity index (χ0v) is 23.2. The van der Waals surface area contributed by atoms with Crippen molar-refractivity contribution in [1.29, 1.82) is 0 Å². The topological polar surface area (TPSA) is 38.9 Å². The minimum atomic E-state index is 0.864. The van der Waals surface area contributed by atoms with Crippen LogP contribution in [-0.4, -0.2) is 9.97 Å². The molecule has 2 aromatic heterocycles. The Morgan fingerprint density at radius 3 is 1.63 bits per heavy atom. The van der Waals surface area contributed by atoms with E-state index in [-0.39, 0.29) is 0 Å². The Labute approximate surface area is 247 Å². The van der Waals surface area contributed by atoms with E-state index < -0.39 is 0 Å². The number of fused-ring (bicyclic) bond motifs is 9. The van der Waals surface area contributed by atoms with Crippen LogP contribution in [0, 0.1) is 0 Å². The number of nitrogens with zero attached hydrogens (tertiary/aromatic N) is 2. The van der Waals surface area contributed by atoms with E-state index in [1.54, 1.807) is 0 Å². The summed E-state index contributed by atoms with van der Waals surface area (Å²) in [6.07, 6.45) is 1.91. The highest BCUT2D eigenvalue weighted by Gasteiger charge is 2.13. The predicted octanol–water partition coefficient (Wildman–Crippen LogP) is 10.8. The van der Waals surface area contributed by atoms with Gasteiger partial charge in [-0.2, -0.15) is 0 Å². The van der Waals surface area contributed by atoms with Crippen molar-refractivity contribution in [2.24, 2.45) is 0 Å². The molecule has 0 radical (unpaired) electrons. The molecule has 43 heavy (non-hydrogen) atoms. The van der Waals surface area contributed by atoms with Crippen molar-refractivity contribution >= 4 is 54.5 Å². The van der Waals surface area contributed by atoms with Gasteiger partial charge in [0.2, 0.25) is 0 Å². The Kier molecular flexibility index (Phi) is 5.20. The van der Waals surface area contributed by atoms with Gasteiger partial charge in [-0.1, -0.05) is 109 Å². The molecule has 0 fully saturated rings. The molecule has 9 aromatic rings. The first-order valence-electron chi connectivity index (χ1n) is 14.5. The maximum Gasteiger partial charge on any atom is 0.135 e. The lowest BCUT2D eigenvalue weighted by Crippen LogP contribution is -1.92. The number of aromatic nitrogens is 2. The summed E-state index contributed by atoms with van der Waals surface area (Å²) in [7, 11) is 0. The van der Waals surface area contributed by atoms with E-state index in [9.17, 15) is 0 Å². The van der Waals surface area contributed by atoms with Gasteiger partial charge < -0.3 is 4.42 Å². The van der Waals surface area contributed by atoms with Crippen molar-refractivity contribution in [1.82, 2.24) is 9.97 Å². The zero-order valence-electron chi connectivity index (χ0n) is 23.2. The molecule has 0 unspecified atom stereocenters. The lowest BCUT2D eigenvalue weighted by atomic mass is 9.96. The summed E-state index contributed by atoms with van der Waals surface area (Å²) in [5.74, 6) is 0. The summed E-state index contributed by atoms with van der Waals surface area (Å²) in [5.41, 5.74) is 10.2. The van der Waals surface area contributed by atoms with Gasteiger partial charge in [0.1, 0.15) is 11.2 Å². The minimum Gasteiger partial charge on any atom is -0.456 e. The Morgan fingerprint density at radius 1 is 0.372 bits per heavy atom. The van der Waals surface area contributed by atoms with Crippen LogP contribution < -0.4 is 0 Å². The molecule has 0 spiro atoms. The van der Waals surface area contributed by atoms with Gasteiger partial charge in [-0.3, -0.25) is 4.98 Å². The van der Waals surface area contributed by atoms with E-state index in [1.807, 2.05) is 18.3 Å². The number of furan rings is 1. The van der Waals surface area contributed by atoms with Gasteiger partial charge >= 0.3 is 0 Å². The molecule has 0 N–H and O–H groups in total. The Bertz CT molecular complexity index is 2490. The second kappa shape index (κ2) is 9.37. The maximum absolute atomic E-state index is 6.05. The summed E-state index contributed by atoms with van der Waals surface area (Å²) < 4.78 is 6.05. The summed E-state index contributed by atoms with van der Waals surface area (Å²) in [5, 5.41) is 6.93. The number of para-hydroxylation sites is 1. The number of benzene rings is 7. The fourth-order valence-corrected chi connectivity index (χ4v) is 6.40. The maximum atomic E-state index is 6.05. The minimum absolute atomic E-state index is 0.864. The van der Waals surface area contributed by atoms with Crippen molar-refractivity contribution in [3.63, 3.8) is 0 Å². The number of hydrogen-bond donors (Lipinski definition) is 0. The van der Waals surface area contributed by atoms with Gasteiger partial charge in [0.25, 0.3) is 0 Å². The van der Waals surface area contributed by atoms with Crippen LogP contribution in [0.3, 0.4) is 0 Å². The second-order valence-corrected chi connectivity index (χ2v) is 11.0.